The Hall–Kier alpha value is -1.89. The van der Waals surface area contributed by atoms with E-state index >= 15 is 0 Å². The highest BCUT2D eigenvalue weighted by molar-refractivity contribution is 7.98. The molecule has 6 nitrogen and oxygen atoms in total. The molecule has 0 aliphatic carbocycles. The van der Waals surface area contributed by atoms with Gasteiger partial charge in [0.2, 0.25) is 0 Å². The molecule has 7 heteroatoms. The van der Waals surface area contributed by atoms with Crippen LogP contribution in [-0.2, 0) is 12.8 Å². The number of thioether (sulfide) groups is 1. The fourth-order valence-corrected chi connectivity index (χ4v) is 2.30. The van der Waals surface area contributed by atoms with E-state index in [9.17, 15) is 4.79 Å². The zero-order chi connectivity index (χ0) is 12.3. The van der Waals surface area contributed by atoms with Crippen LogP contribution in [0, 0.1) is 0 Å². The van der Waals surface area contributed by atoms with Gasteiger partial charge in [0.05, 0.1) is 11.3 Å². The Morgan fingerprint density at radius 2 is 2.24 bits per heavy atom. The van der Waals surface area contributed by atoms with Gasteiger partial charge < -0.3 is 5.11 Å². The van der Waals surface area contributed by atoms with E-state index in [1.165, 1.54) is 11.8 Å². The van der Waals surface area contributed by atoms with Crippen molar-refractivity contribution in [2.24, 2.45) is 7.05 Å². The van der Waals surface area contributed by atoms with Gasteiger partial charge >= 0.3 is 5.97 Å². The topological polar surface area (TPSA) is 80.9 Å². The number of tetrazole rings is 1. The number of carboxylic acid groups (broad SMARTS) is 1. The minimum absolute atomic E-state index is 0.299. The maximum absolute atomic E-state index is 11.0. The second kappa shape index (κ2) is 4.96. The lowest BCUT2D eigenvalue weighted by atomic mass is 10.2. The minimum Gasteiger partial charge on any atom is -0.478 e. The molecule has 0 atom stereocenters. The Morgan fingerprint density at radius 1 is 1.47 bits per heavy atom. The zero-order valence-corrected chi connectivity index (χ0v) is 9.89. The molecule has 1 heterocycles. The Kier molecular flexibility index (Phi) is 3.38. The van der Waals surface area contributed by atoms with Crippen LogP contribution in [0.2, 0.25) is 0 Å². The minimum atomic E-state index is -0.927. The summed E-state index contributed by atoms with van der Waals surface area (Å²) in [7, 11) is 1.75. The van der Waals surface area contributed by atoms with Gasteiger partial charge in [-0.05, 0) is 22.6 Å². The third-order valence-corrected chi connectivity index (χ3v) is 3.25. The predicted molar refractivity (Wildman–Crippen MR) is 61.8 cm³/mol. The van der Waals surface area contributed by atoms with Gasteiger partial charge in [-0.2, -0.15) is 0 Å². The number of aromatic nitrogens is 4. The average molecular weight is 250 g/mol. The molecule has 0 bridgehead atoms. The highest BCUT2D eigenvalue weighted by Gasteiger charge is 2.10. The lowest BCUT2D eigenvalue weighted by Gasteiger charge is -2.04. The van der Waals surface area contributed by atoms with E-state index < -0.39 is 5.97 Å². The summed E-state index contributed by atoms with van der Waals surface area (Å²) in [6.45, 7) is 0. The van der Waals surface area contributed by atoms with E-state index in [0.717, 1.165) is 0 Å². The summed E-state index contributed by atoms with van der Waals surface area (Å²) in [6.07, 6.45) is 0. The molecule has 0 fully saturated rings. The summed E-state index contributed by atoms with van der Waals surface area (Å²) in [5.41, 5.74) is 0.299. The van der Waals surface area contributed by atoms with Crippen molar-refractivity contribution in [3.8, 4) is 0 Å². The van der Waals surface area contributed by atoms with E-state index in [1.54, 1.807) is 29.9 Å². The third kappa shape index (κ3) is 2.62. The Morgan fingerprint density at radius 3 is 2.88 bits per heavy atom. The summed E-state index contributed by atoms with van der Waals surface area (Å²) >= 11 is 1.40. The van der Waals surface area contributed by atoms with Crippen molar-refractivity contribution in [1.82, 2.24) is 20.2 Å². The summed E-state index contributed by atoms with van der Waals surface area (Å²) in [4.78, 5) is 11.7. The van der Waals surface area contributed by atoms with Crippen molar-refractivity contribution in [2.45, 2.75) is 10.6 Å². The molecule has 1 aromatic carbocycles. The highest BCUT2D eigenvalue weighted by atomic mass is 32.2. The summed E-state index contributed by atoms with van der Waals surface area (Å²) in [6, 6.07) is 6.87. The molecule has 0 spiro atoms. The van der Waals surface area contributed by atoms with E-state index in [0.29, 0.717) is 22.0 Å². The first-order chi connectivity index (χ1) is 8.18. The van der Waals surface area contributed by atoms with Crippen LogP contribution in [0.3, 0.4) is 0 Å². The number of rotatable bonds is 4. The third-order valence-electron chi connectivity index (χ3n) is 2.18. The molecule has 0 radical (unpaired) electrons. The first kappa shape index (κ1) is 11.6. The lowest BCUT2D eigenvalue weighted by Crippen LogP contribution is -2.00. The second-order valence-electron chi connectivity index (χ2n) is 3.31. The van der Waals surface area contributed by atoms with E-state index in [-0.39, 0.29) is 0 Å². The fourth-order valence-electron chi connectivity index (χ4n) is 1.28. The number of hydrogen-bond donors (Lipinski definition) is 1. The van der Waals surface area contributed by atoms with Crippen LogP contribution in [0.15, 0.2) is 29.2 Å². The standard InChI is InChI=1S/C10H10N4O2S/c1-14-9(11-12-13-14)6-17-8-5-3-2-4-7(8)10(15)16/h2-5H,6H2,1H3,(H,15,16). The first-order valence-electron chi connectivity index (χ1n) is 4.85. The molecule has 1 aromatic heterocycles. The molecule has 0 amide bonds. The molecule has 2 aromatic rings. The molecule has 0 saturated heterocycles. The Bertz CT molecular complexity index is 541. The van der Waals surface area contributed by atoms with E-state index in [2.05, 4.69) is 15.5 Å². The van der Waals surface area contributed by atoms with Gasteiger partial charge in [-0.3, -0.25) is 0 Å². The van der Waals surface area contributed by atoms with Crippen molar-refractivity contribution in [3.05, 3.63) is 35.7 Å². The predicted octanol–water partition coefficient (Wildman–Crippen LogP) is 1.20. The van der Waals surface area contributed by atoms with Crippen LogP contribution in [-0.4, -0.2) is 31.3 Å². The van der Waals surface area contributed by atoms with Gasteiger partial charge in [-0.25, -0.2) is 9.48 Å². The number of nitrogens with zero attached hydrogens (tertiary/aromatic N) is 4. The molecule has 1 N–H and O–H groups in total. The highest BCUT2D eigenvalue weighted by Crippen LogP contribution is 2.25. The fraction of sp³-hybridized carbons (Fsp3) is 0.200. The number of carbonyl (C=O) groups is 1. The van der Waals surface area contributed by atoms with Crippen molar-refractivity contribution in [3.63, 3.8) is 0 Å². The van der Waals surface area contributed by atoms with Crippen LogP contribution >= 0.6 is 11.8 Å². The number of aryl methyl sites for hydroxylation is 1. The van der Waals surface area contributed by atoms with Crippen molar-refractivity contribution in [2.75, 3.05) is 0 Å². The molecular weight excluding hydrogens is 240 g/mol. The number of carboxylic acids is 1. The van der Waals surface area contributed by atoms with E-state index in [1.807, 2.05) is 6.07 Å². The molecule has 88 valence electrons. The molecule has 0 saturated carbocycles. The molecule has 0 unspecified atom stereocenters. The monoisotopic (exact) mass is 250 g/mol. The summed E-state index contributed by atoms with van der Waals surface area (Å²) in [5.74, 6) is 0.313. The van der Waals surface area contributed by atoms with Gasteiger partial charge in [-0.15, -0.1) is 16.9 Å². The lowest BCUT2D eigenvalue weighted by molar-refractivity contribution is 0.0693. The largest absolute Gasteiger partial charge is 0.478 e. The molecule has 2 rings (SSSR count). The van der Waals surface area contributed by atoms with Gasteiger partial charge in [0, 0.05) is 11.9 Å². The molecule has 0 aliphatic rings. The van der Waals surface area contributed by atoms with Crippen LogP contribution in [0.25, 0.3) is 0 Å². The van der Waals surface area contributed by atoms with Crippen LogP contribution in [0.5, 0.6) is 0 Å². The van der Waals surface area contributed by atoms with Gasteiger partial charge in [0.1, 0.15) is 0 Å². The van der Waals surface area contributed by atoms with Crippen LogP contribution in [0.1, 0.15) is 16.2 Å². The number of aromatic carboxylic acids is 1. The Balaban J connectivity index is 2.14. The normalized spacial score (nSPS) is 10.4. The maximum Gasteiger partial charge on any atom is 0.336 e. The molecular formula is C10H10N4O2S. The smallest absolute Gasteiger partial charge is 0.336 e. The quantitative estimate of drug-likeness (QED) is 0.821. The number of hydrogen-bond acceptors (Lipinski definition) is 5. The van der Waals surface area contributed by atoms with Crippen LogP contribution < -0.4 is 0 Å². The molecule has 17 heavy (non-hydrogen) atoms. The average Bonchev–Trinajstić information content (AvgIpc) is 2.72. The van der Waals surface area contributed by atoms with Crippen molar-refractivity contribution in [1.29, 1.82) is 0 Å². The van der Waals surface area contributed by atoms with E-state index in [4.69, 9.17) is 5.11 Å². The second-order valence-corrected chi connectivity index (χ2v) is 4.33. The van der Waals surface area contributed by atoms with Crippen LogP contribution in [0.4, 0.5) is 0 Å². The first-order valence-corrected chi connectivity index (χ1v) is 5.83. The summed E-state index contributed by atoms with van der Waals surface area (Å²) in [5, 5.41) is 20.1. The number of benzene rings is 1. The van der Waals surface area contributed by atoms with Gasteiger partial charge in [0.15, 0.2) is 5.82 Å². The Labute approximate surface area is 102 Å². The zero-order valence-electron chi connectivity index (χ0n) is 9.07. The summed E-state index contributed by atoms with van der Waals surface area (Å²) < 4.78 is 1.57. The maximum atomic E-state index is 11.0. The van der Waals surface area contributed by atoms with Gasteiger partial charge in [-0.1, -0.05) is 12.1 Å². The van der Waals surface area contributed by atoms with Crippen molar-refractivity contribution < 1.29 is 9.90 Å². The van der Waals surface area contributed by atoms with Gasteiger partial charge in [0.25, 0.3) is 0 Å². The SMILES string of the molecule is Cn1nnnc1CSc1ccccc1C(=O)O. The molecule has 0 aliphatic heterocycles. The van der Waals surface area contributed by atoms with Crippen molar-refractivity contribution >= 4 is 17.7 Å².